The average molecular weight is 263 g/mol. The molecule has 5 heteroatoms. The van der Waals surface area contributed by atoms with Crippen LogP contribution in [-0.4, -0.2) is 22.9 Å². The van der Waals surface area contributed by atoms with Crippen molar-refractivity contribution in [2.24, 2.45) is 0 Å². The lowest BCUT2D eigenvalue weighted by molar-refractivity contribution is 0.100. The molecule has 0 spiro atoms. The summed E-state index contributed by atoms with van der Waals surface area (Å²) in [4.78, 5) is 19.3. The van der Waals surface area contributed by atoms with E-state index < -0.39 is 0 Å². The van der Waals surface area contributed by atoms with Crippen LogP contribution in [0.5, 0.6) is 5.75 Å². The number of rotatable bonds is 3. The summed E-state index contributed by atoms with van der Waals surface area (Å²) in [5, 5.41) is 0.498. The minimum absolute atomic E-state index is 0.170. The molecule has 2 rings (SSSR count). The third-order valence-electron chi connectivity index (χ3n) is 2.42. The first-order valence-corrected chi connectivity index (χ1v) is 5.67. The van der Waals surface area contributed by atoms with E-state index in [1.807, 2.05) is 6.07 Å². The molecule has 0 aliphatic heterocycles. The van der Waals surface area contributed by atoms with Crippen LogP contribution in [0.25, 0.3) is 11.3 Å². The van der Waals surface area contributed by atoms with Gasteiger partial charge in [0.15, 0.2) is 11.6 Å². The SMILES string of the molecule is COc1ccc(-c2ccnc(C(C)=O)n2)cc1Cl. The first-order chi connectivity index (χ1) is 8.61. The van der Waals surface area contributed by atoms with Gasteiger partial charge in [0.05, 0.1) is 17.8 Å². The van der Waals surface area contributed by atoms with Gasteiger partial charge in [0.1, 0.15) is 5.75 Å². The van der Waals surface area contributed by atoms with Crippen molar-refractivity contribution in [3.63, 3.8) is 0 Å². The van der Waals surface area contributed by atoms with Crippen LogP contribution in [0.15, 0.2) is 30.5 Å². The standard InChI is InChI=1S/C13H11ClN2O2/c1-8(17)13-15-6-5-11(16-13)9-3-4-12(18-2)10(14)7-9/h3-7H,1-2H3. The lowest BCUT2D eigenvalue weighted by atomic mass is 10.1. The largest absolute Gasteiger partial charge is 0.495 e. The maximum atomic E-state index is 11.2. The zero-order chi connectivity index (χ0) is 13.1. The predicted octanol–water partition coefficient (Wildman–Crippen LogP) is 3.01. The van der Waals surface area contributed by atoms with Crippen LogP contribution in [0.3, 0.4) is 0 Å². The molecular formula is C13H11ClN2O2. The molecule has 0 fully saturated rings. The minimum atomic E-state index is -0.170. The van der Waals surface area contributed by atoms with E-state index in [0.29, 0.717) is 16.5 Å². The third-order valence-corrected chi connectivity index (χ3v) is 2.71. The number of aromatic nitrogens is 2. The maximum absolute atomic E-state index is 11.2. The number of hydrogen-bond donors (Lipinski definition) is 0. The fourth-order valence-corrected chi connectivity index (χ4v) is 1.77. The molecule has 92 valence electrons. The Hall–Kier alpha value is -1.94. The van der Waals surface area contributed by atoms with Crippen LogP contribution < -0.4 is 4.74 Å². The Morgan fingerprint density at radius 2 is 2.11 bits per heavy atom. The van der Waals surface area contributed by atoms with E-state index in [1.165, 1.54) is 6.92 Å². The van der Waals surface area contributed by atoms with Gasteiger partial charge in [0, 0.05) is 18.7 Å². The van der Waals surface area contributed by atoms with Gasteiger partial charge in [-0.05, 0) is 24.3 Å². The van der Waals surface area contributed by atoms with Crippen molar-refractivity contribution in [1.29, 1.82) is 0 Å². The Labute approximate surface area is 110 Å². The summed E-state index contributed by atoms with van der Waals surface area (Å²) in [6, 6.07) is 7.06. The van der Waals surface area contributed by atoms with Gasteiger partial charge in [-0.2, -0.15) is 0 Å². The number of carbonyl (C=O) groups is 1. The zero-order valence-electron chi connectivity index (χ0n) is 9.98. The molecule has 0 atom stereocenters. The molecule has 4 nitrogen and oxygen atoms in total. The summed E-state index contributed by atoms with van der Waals surface area (Å²) in [5.74, 6) is 0.622. The summed E-state index contributed by atoms with van der Waals surface area (Å²) in [6.07, 6.45) is 1.55. The molecule has 0 amide bonds. The maximum Gasteiger partial charge on any atom is 0.196 e. The first-order valence-electron chi connectivity index (χ1n) is 5.29. The Morgan fingerprint density at radius 1 is 1.33 bits per heavy atom. The van der Waals surface area contributed by atoms with Gasteiger partial charge in [-0.3, -0.25) is 4.79 Å². The summed E-state index contributed by atoms with van der Waals surface area (Å²) in [6.45, 7) is 1.43. The quantitative estimate of drug-likeness (QED) is 0.798. The first kappa shape index (κ1) is 12.5. The third kappa shape index (κ3) is 2.49. The van der Waals surface area contributed by atoms with Crippen molar-refractivity contribution in [2.75, 3.05) is 7.11 Å². The summed E-state index contributed by atoms with van der Waals surface area (Å²) >= 11 is 6.05. The Morgan fingerprint density at radius 3 is 2.72 bits per heavy atom. The van der Waals surface area contributed by atoms with Crippen molar-refractivity contribution < 1.29 is 9.53 Å². The van der Waals surface area contributed by atoms with Crippen LogP contribution in [0.1, 0.15) is 17.5 Å². The molecule has 1 aromatic heterocycles. The number of halogens is 1. The van der Waals surface area contributed by atoms with Crippen molar-refractivity contribution in [3.8, 4) is 17.0 Å². The average Bonchev–Trinajstić information content (AvgIpc) is 2.38. The smallest absolute Gasteiger partial charge is 0.196 e. The van der Waals surface area contributed by atoms with Crippen LogP contribution >= 0.6 is 11.6 Å². The number of nitrogens with zero attached hydrogens (tertiary/aromatic N) is 2. The molecule has 0 unspecified atom stereocenters. The van der Waals surface area contributed by atoms with Crippen molar-refractivity contribution >= 4 is 17.4 Å². The molecule has 0 bridgehead atoms. The van der Waals surface area contributed by atoms with Crippen molar-refractivity contribution in [2.45, 2.75) is 6.92 Å². The second-order valence-corrected chi connectivity index (χ2v) is 4.08. The number of benzene rings is 1. The normalized spacial score (nSPS) is 10.2. The highest BCUT2D eigenvalue weighted by atomic mass is 35.5. The van der Waals surface area contributed by atoms with Crippen molar-refractivity contribution in [3.05, 3.63) is 41.3 Å². The second kappa shape index (κ2) is 5.14. The number of methoxy groups -OCH3 is 1. The van der Waals surface area contributed by atoms with Crippen LogP contribution in [-0.2, 0) is 0 Å². The molecule has 0 aliphatic carbocycles. The molecule has 0 N–H and O–H groups in total. The Kier molecular flexibility index (Phi) is 3.58. The summed E-state index contributed by atoms with van der Waals surface area (Å²) < 4.78 is 5.08. The van der Waals surface area contributed by atoms with Crippen LogP contribution in [0.4, 0.5) is 0 Å². The van der Waals surface area contributed by atoms with E-state index >= 15 is 0 Å². The Balaban J connectivity index is 2.45. The lowest BCUT2D eigenvalue weighted by Gasteiger charge is -2.06. The van der Waals surface area contributed by atoms with E-state index in [1.54, 1.807) is 31.5 Å². The molecule has 1 aromatic carbocycles. The fourth-order valence-electron chi connectivity index (χ4n) is 1.51. The van der Waals surface area contributed by atoms with E-state index in [9.17, 15) is 4.79 Å². The van der Waals surface area contributed by atoms with E-state index in [2.05, 4.69) is 9.97 Å². The highest BCUT2D eigenvalue weighted by Gasteiger charge is 2.08. The molecule has 0 saturated carbocycles. The topological polar surface area (TPSA) is 52.1 Å². The molecule has 0 saturated heterocycles. The van der Waals surface area contributed by atoms with Crippen LogP contribution in [0.2, 0.25) is 5.02 Å². The summed E-state index contributed by atoms with van der Waals surface area (Å²) in [7, 11) is 1.55. The highest BCUT2D eigenvalue weighted by molar-refractivity contribution is 6.32. The van der Waals surface area contributed by atoms with Gasteiger partial charge >= 0.3 is 0 Å². The van der Waals surface area contributed by atoms with E-state index in [4.69, 9.17) is 16.3 Å². The van der Waals surface area contributed by atoms with Crippen molar-refractivity contribution in [1.82, 2.24) is 9.97 Å². The number of ether oxygens (including phenoxy) is 1. The molecular weight excluding hydrogens is 252 g/mol. The second-order valence-electron chi connectivity index (χ2n) is 3.67. The van der Waals surface area contributed by atoms with Gasteiger partial charge in [-0.25, -0.2) is 9.97 Å². The number of carbonyl (C=O) groups excluding carboxylic acids is 1. The monoisotopic (exact) mass is 262 g/mol. The number of hydrogen-bond acceptors (Lipinski definition) is 4. The molecule has 18 heavy (non-hydrogen) atoms. The van der Waals surface area contributed by atoms with E-state index in [-0.39, 0.29) is 11.6 Å². The van der Waals surface area contributed by atoms with Crippen LogP contribution in [0, 0.1) is 0 Å². The van der Waals surface area contributed by atoms with Gasteiger partial charge in [0.25, 0.3) is 0 Å². The highest BCUT2D eigenvalue weighted by Crippen LogP contribution is 2.29. The van der Waals surface area contributed by atoms with Gasteiger partial charge in [-0.1, -0.05) is 11.6 Å². The molecule has 0 aliphatic rings. The van der Waals surface area contributed by atoms with Gasteiger partial charge < -0.3 is 4.74 Å². The summed E-state index contributed by atoms with van der Waals surface area (Å²) in [5.41, 5.74) is 1.46. The lowest BCUT2D eigenvalue weighted by Crippen LogP contribution is -2.01. The molecule has 2 aromatic rings. The minimum Gasteiger partial charge on any atom is -0.495 e. The Bertz CT molecular complexity index is 599. The predicted molar refractivity (Wildman–Crippen MR) is 69.0 cm³/mol. The number of Topliss-reactive ketones (excluding diaryl/α,β-unsaturated/α-hetero) is 1. The number of ketones is 1. The molecule has 1 heterocycles. The van der Waals surface area contributed by atoms with E-state index in [0.717, 1.165) is 5.56 Å². The van der Waals surface area contributed by atoms with Gasteiger partial charge in [-0.15, -0.1) is 0 Å². The molecule has 0 radical (unpaired) electrons. The zero-order valence-corrected chi connectivity index (χ0v) is 10.7. The fraction of sp³-hybridized carbons (Fsp3) is 0.154. The van der Waals surface area contributed by atoms with Gasteiger partial charge in [0.2, 0.25) is 0 Å².